The number of nitro benzene ring substituents is 1. The zero-order valence-electron chi connectivity index (χ0n) is 17.6. The highest BCUT2D eigenvalue weighted by Gasteiger charge is 2.08. The largest absolute Gasteiger partial charge is 0.493 e. The third-order valence-corrected chi connectivity index (χ3v) is 4.62. The molecule has 0 aliphatic rings. The van der Waals surface area contributed by atoms with Gasteiger partial charge in [-0.3, -0.25) is 14.9 Å². The molecule has 0 unspecified atom stereocenters. The SMILES string of the molecule is COc1cc(/C=N\NC(=O)CCc2ccccc2)ccc1OCc1ccc([N+](=O)[O-])cc1. The van der Waals surface area contributed by atoms with Gasteiger partial charge in [0.15, 0.2) is 11.5 Å². The van der Waals surface area contributed by atoms with Gasteiger partial charge >= 0.3 is 0 Å². The highest BCUT2D eigenvalue weighted by Crippen LogP contribution is 2.28. The first-order valence-electron chi connectivity index (χ1n) is 9.95. The van der Waals surface area contributed by atoms with Crippen molar-refractivity contribution in [3.05, 3.63) is 99.6 Å². The number of hydrogen-bond donors (Lipinski definition) is 1. The fourth-order valence-corrected chi connectivity index (χ4v) is 2.90. The van der Waals surface area contributed by atoms with Crippen LogP contribution in [0.4, 0.5) is 5.69 Å². The summed E-state index contributed by atoms with van der Waals surface area (Å²) in [5.41, 5.74) is 5.17. The third-order valence-electron chi connectivity index (χ3n) is 4.62. The van der Waals surface area contributed by atoms with Crippen LogP contribution in [0.5, 0.6) is 11.5 Å². The van der Waals surface area contributed by atoms with Gasteiger partial charge in [0, 0.05) is 18.6 Å². The van der Waals surface area contributed by atoms with Crippen LogP contribution < -0.4 is 14.9 Å². The summed E-state index contributed by atoms with van der Waals surface area (Å²) in [6, 6.07) is 21.2. The zero-order chi connectivity index (χ0) is 22.8. The van der Waals surface area contributed by atoms with Gasteiger partial charge in [0.25, 0.3) is 5.69 Å². The minimum absolute atomic E-state index is 0.0297. The first kappa shape index (κ1) is 22.5. The summed E-state index contributed by atoms with van der Waals surface area (Å²) in [6.45, 7) is 0.235. The molecule has 32 heavy (non-hydrogen) atoms. The van der Waals surface area contributed by atoms with Gasteiger partial charge in [-0.05, 0) is 53.4 Å². The summed E-state index contributed by atoms with van der Waals surface area (Å²) in [5.74, 6) is 0.862. The molecule has 0 aliphatic carbocycles. The van der Waals surface area contributed by atoms with E-state index >= 15 is 0 Å². The first-order chi connectivity index (χ1) is 15.5. The van der Waals surface area contributed by atoms with Gasteiger partial charge in [-0.15, -0.1) is 0 Å². The lowest BCUT2D eigenvalue weighted by molar-refractivity contribution is -0.384. The number of ether oxygens (including phenoxy) is 2. The number of benzene rings is 3. The number of non-ortho nitro benzene ring substituents is 1. The molecule has 0 fully saturated rings. The molecule has 8 nitrogen and oxygen atoms in total. The predicted octanol–water partition coefficient (Wildman–Crippen LogP) is 4.27. The Morgan fingerprint density at radius 3 is 2.47 bits per heavy atom. The summed E-state index contributed by atoms with van der Waals surface area (Å²) < 4.78 is 11.2. The quantitative estimate of drug-likeness (QED) is 0.292. The standard InChI is InChI=1S/C24H23N3O5/c1-31-23-15-20(16-25-26-24(28)14-10-18-5-3-2-4-6-18)9-13-22(23)32-17-19-7-11-21(12-8-19)27(29)30/h2-9,11-13,15-16H,10,14,17H2,1H3,(H,26,28)/b25-16-. The number of rotatable bonds is 10. The van der Waals surface area contributed by atoms with Crippen LogP contribution in [0.1, 0.15) is 23.1 Å². The topological polar surface area (TPSA) is 103 Å². The van der Waals surface area contributed by atoms with E-state index in [0.29, 0.717) is 24.3 Å². The van der Waals surface area contributed by atoms with Gasteiger partial charge in [-0.25, -0.2) is 5.43 Å². The maximum Gasteiger partial charge on any atom is 0.269 e. The van der Waals surface area contributed by atoms with Gasteiger partial charge in [-0.2, -0.15) is 5.10 Å². The molecule has 0 bridgehead atoms. The average molecular weight is 433 g/mol. The van der Waals surface area contributed by atoms with Gasteiger partial charge in [0.2, 0.25) is 5.91 Å². The molecule has 0 aromatic heterocycles. The van der Waals surface area contributed by atoms with Crippen molar-refractivity contribution in [2.24, 2.45) is 5.10 Å². The Labute approximate surface area is 185 Å². The average Bonchev–Trinajstić information content (AvgIpc) is 2.82. The Bertz CT molecular complexity index is 1080. The number of nitrogens with one attached hydrogen (secondary N) is 1. The van der Waals surface area contributed by atoms with Crippen LogP contribution in [0.25, 0.3) is 0 Å². The number of nitro groups is 1. The normalized spacial score (nSPS) is 10.7. The molecule has 0 atom stereocenters. The number of nitrogens with zero attached hydrogens (tertiary/aromatic N) is 2. The Balaban J connectivity index is 1.52. The highest BCUT2D eigenvalue weighted by atomic mass is 16.6. The van der Waals surface area contributed by atoms with E-state index in [1.165, 1.54) is 25.5 Å². The maximum absolute atomic E-state index is 12.0. The van der Waals surface area contributed by atoms with Crippen molar-refractivity contribution in [2.75, 3.05) is 7.11 Å². The van der Waals surface area contributed by atoms with Crippen LogP contribution in [0.15, 0.2) is 77.9 Å². The third kappa shape index (κ3) is 6.66. The number of methoxy groups -OCH3 is 1. The molecule has 164 valence electrons. The summed E-state index contributed by atoms with van der Waals surface area (Å²) in [7, 11) is 1.53. The molecule has 0 aliphatic heterocycles. The summed E-state index contributed by atoms with van der Waals surface area (Å²) in [4.78, 5) is 22.2. The zero-order valence-corrected chi connectivity index (χ0v) is 17.6. The van der Waals surface area contributed by atoms with Gasteiger partial charge < -0.3 is 9.47 Å². The van der Waals surface area contributed by atoms with Crippen molar-refractivity contribution in [1.29, 1.82) is 0 Å². The van der Waals surface area contributed by atoms with Crippen molar-refractivity contribution in [1.82, 2.24) is 5.43 Å². The minimum Gasteiger partial charge on any atom is -0.493 e. The molecule has 0 heterocycles. The highest BCUT2D eigenvalue weighted by molar-refractivity contribution is 5.83. The monoisotopic (exact) mass is 433 g/mol. The van der Waals surface area contributed by atoms with E-state index in [-0.39, 0.29) is 18.2 Å². The molecule has 0 saturated heterocycles. The molecule has 1 N–H and O–H groups in total. The van der Waals surface area contributed by atoms with E-state index < -0.39 is 4.92 Å². The second kappa shape index (κ2) is 11.3. The number of carbonyl (C=O) groups excluding carboxylic acids is 1. The Hall–Kier alpha value is -4.20. The van der Waals surface area contributed by atoms with Gasteiger partial charge in [0.1, 0.15) is 6.61 Å². The number of carbonyl (C=O) groups is 1. The summed E-state index contributed by atoms with van der Waals surface area (Å²) in [6.07, 6.45) is 2.53. The maximum atomic E-state index is 12.0. The first-order valence-corrected chi connectivity index (χ1v) is 9.95. The lowest BCUT2D eigenvalue weighted by Gasteiger charge is -2.11. The van der Waals surface area contributed by atoms with Crippen LogP contribution in [0, 0.1) is 10.1 Å². The molecule has 1 amide bonds. The van der Waals surface area contributed by atoms with Crippen molar-refractivity contribution in [3.8, 4) is 11.5 Å². The van der Waals surface area contributed by atoms with Gasteiger partial charge in [0.05, 0.1) is 18.2 Å². The van der Waals surface area contributed by atoms with Crippen LogP contribution >= 0.6 is 0 Å². The molecule has 3 rings (SSSR count). The lowest BCUT2D eigenvalue weighted by Crippen LogP contribution is -2.17. The van der Waals surface area contributed by atoms with Crippen LogP contribution in [-0.4, -0.2) is 24.2 Å². The van der Waals surface area contributed by atoms with Crippen LogP contribution in [0.3, 0.4) is 0 Å². The van der Waals surface area contributed by atoms with Crippen molar-refractivity contribution in [2.45, 2.75) is 19.4 Å². The molecule has 3 aromatic rings. The molecular weight excluding hydrogens is 410 g/mol. The van der Waals surface area contributed by atoms with Crippen LogP contribution in [-0.2, 0) is 17.8 Å². The minimum atomic E-state index is -0.445. The van der Waals surface area contributed by atoms with Crippen molar-refractivity contribution >= 4 is 17.8 Å². The Morgan fingerprint density at radius 2 is 1.78 bits per heavy atom. The fraction of sp³-hybridized carbons (Fsp3) is 0.167. The van der Waals surface area contributed by atoms with E-state index in [2.05, 4.69) is 10.5 Å². The van der Waals surface area contributed by atoms with E-state index in [1.807, 2.05) is 30.3 Å². The van der Waals surface area contributed by atoms with E-state index in [0.717, 1.165) is 16.7 Å². The second-order valence-corrected chi connectivity index (χ2v) is 6.90. The fourth-order valence-electron chi connectivity index (χ4n) is 2.90. The van der Waals surface area contributed by atoms with E-state index in [9.17, 15) is 14.9 Å². The van der Waals surface area contributed by atoms with E-state index in [4.69, 9.17) is 9.47 Å². The van der Waals surface area contributed by atoms with Crippen molar-refractivity contribution < 1.29 is 19.2 Å². The van der Waals surface area contributed by atoms with Crippen molar-refractivity contribution in [3.63, 3.8) is 0 Å². The number of amides is 1. The molecule has 0 spiro atoms. The number of hydrogen-bond acceptors (Lipinski definition) is 6. The number of aryl methyl sites for hydroxylation is 1. The smallest absolute Gasteiger partial charge is 0.269 e. The van der Waals surface area contributed by atoms with Gasteiger partial charge in [-0.1, -0.05) is 30.3 Å². The summed E-state index contributed by atoms with van der Waals surface area (Å²) >= 11 is 0. The molecule has 3 aromatic carbocycles. The Morgan fingerprint density at radius 1 is 1.03 bits per heavy atom. The predicted molar refractivity (Wildman–Crippen MR) is 121 cm³/mol. The molecule has 8 heteroatoms. The Kier molecular flexibility index (Phi) is 7.91. The number of hydrazone groups is 1. The summed E-state index contributed by atoms with van der Waals surface area (Å²) in [5, 5.41) is 14.7. The second-order valence-electron chi connectivity index (χ2n) is 6.90. The van der Waals surface area contributed by atoms with Crippen LogP contribution in [0.2, 0.25) is 0 Å². The molecular formula is C24H23N3O5. The lowest BCUT2D eigenvalue weighted by atomic mass is 10.1. The molecule has 0 radical (unpaired) electrons. The molecule has 0 saturated carbocycles. The van der Waals surface area contributed by atoms with E-state index in [1.54, 1.807) is 30.3 Å².